The van der Waals surface area contributed by atoms with Gasteiger partial charge in [-0.15, -0.1) is 0 Å². The van der Waals surface area contributed by atoms with Gasteiger partial charge in [-0.25, -0.2) is 0 Å². The van der Waals surface area contributed by atoms with Crippen molar-refractivity contribution in [2.24, 2.45) is 0 Å². The zero-order valence-corrected chi connectivity index (χ0v) is 12.9. The van der Waals surface area contributed by atoms with Gasteiger partial charge in [0.25, 0.3) is 0 Å². The van der Waals surface area contributed by atoms with Crippen molar-refractivity contribution in [2.75, 3.05) is 20.3 Å². The van der Waals surface area contributed by atoms with Gasteiger partial charge in [0.1, 0.15) is 0 Å². The highest BCUT2D eigenvalue weighted by atomic mass is 16.5. The molecule has 0 aliphatic carbocycles. The largest absolute Gasteiger partial charge is 0.395 e. The van der Waals surface area contributed by atoms with Gasteiger partial charge in [-0.05, 0) is 12.0 Å². The van der Waals surface area contributed by atoms with Crippen LogP contribution in [0.2, 0.25) is 0 Å². The number of rotatable bonds is 6. The molecule has 0 radical (unpaired) electrons. The molecule has 0 unspecified atom stereocenters. The van der Waals surface area contributed by atoms with Crippen LogP contribution in [0.4, 0.5) is 0 Å². The molecule has 118 valence electrons. The summed E-state index contributed by atoms with van der Waals surface area (Å²) < 4.78 is 7.38. The summed E-state index contributed by atoms with van der Waals surface area (Å²) in [6.07, 6.45) is 5.11. The number of aliphatic hydroxyl groups is 1. The standard InChI is InChI=1S/C17H23N3O2/c1-22-17-7-16(13-21)19(12-17)9-15-8-18-20(11-15)10-14-5-3-2-4-6-14/h2-6,8,11,16-17,21H,7,9-10,12-13H2,1H3/t16-,17+/m0/s1. The molecule has 3 rings (SSSR count). The molecule has 1 fully saturated rings. The Kier molecular flexibility index (Phi) is 4.87. The molecular weight excluding hydrogens is 278 g/mol. The fourth-order valence-electron chi connectivity index (χ4n) is 3.07. The van der Waals surface area contributed by atoms with Crippen LogP contribution in [0.3, 0.4) is 0 Å². The Morgan fingerprint density at radius 1 is 1.23 bits per heavy atom. The SMILES string of the molecule is CO[C@@H]1C[C@@H](CO)N(Cc2cnn(Cc3ccccc3)c2)C1. The first-order chi connectivity index (χ1) is 10.8. The lowest BCUT2D eigenvalue weighted by Crippen LogP contribution is -2.31. The minimum absolute atomic E-state index is 0.179. The molecule has 2 heterocycles. The molecule has 5 nitrogen and oxygen atoms in total. The van der Waals surface area contributed by atoms with E-state index in [4.69, 9.17) is 4.74 Å². The van der Waals surface area contributed by atoms with Crippen molar-refractivity contribution < 1.29 is 9.84 Å². The molecule has 0 bridgehead atoms. The van der Waals surface area contributed by atoms with E-state index in [0.717, 1.165) is 26.1 Å². The summed E-state index contributed by atoms with van der Waals surface area (Å²) in [5.74, 6) is 0. The zero-order valence-electron chi connectivity index (χ0n) is 12.9. The Bertz CT molecular complexity index is 585. The first-order valence-corrected chi connectivity index (χ1v) is 7.71. The van der Waals surface area contributed by atoms with Gasteiger partial charge in [0, 0.05) is 38.0 Å². The van der Waals surface area contributed by atoms with Crippen molar-refractivity contribution in [2.45, 2.75) is 31.7 Å². The molecule has 1 saturated heterocycles. The average molecular weight is 301 g/mol. The molecule has 5 heteroatoms. The lowest BCUT2D eigenvalue weighted by Gasteiger charge is -2.21. The fraction of sp³-hybridized carbons (Fsp3) is 0.471. The number of benzene rings is 1. The highest BCUT2D eigenvalue weighted by molar-refractivity contribution is 5.15. The summed E-state index contributed by atoms with van der Waals surface area (Å²) in [4.78, 5) is 2.28. The molecule has 0 saturated carbocycles. The lowest BCUT2D eigenvalue weighted by atomic mass is 10.2. The van der Waals surface area contributed by atoms with Crippen LogP contribution >= 0.6 is 0 Å². The Labute approximate surface area is 131 Å². The first-order valence-electron chi connectivity index (χ1n) is 7.71. The Balaban J connectivity index is 1.62. The third-order valence-corrected chi connectivity index (χ3v) is 4.29. The van der Waals surface area contributed by atoms with Gasteiger partial charge in [0.2, 0.25) is 0 Å². The molecule has 0 amide bonds. The van der Waals surface area contributed by atoms with Gasteiger partial charge >= 0.3 is 0 Å². The van der Waals surface area contributed by atoms with E-state index in [0.29, 0.717) is 0 Å². The summed E-state index contributed by atoms with van der Waals surface area (Å²) >= 11 is 0. The minimum atomic E-state index is 0.179. The third kappa shape index (κ3) is 3.55. The van der Waals surface area contributed by atoms with Crippen LogP contribution in [-0.2, 0) is 17.8 Å². The maximum atomic E-state index is 9.51. The van der Waals surface area contributed by atoms with E-state index < -0.39 is 0 Å². The van der Waals surface area contributed by atoms with Crippen LogP contribution in [-0.4, -0.2) is 52.2 Å². The summed E-state index contributed by atoms with van der Waals surface area (Å²) in [6.45, 7) is 2.63. The van der Waals surface area contributed by atoms with Gasteiger partial charge < -0.3 is 9.84 Å². The van der Waals surface area contributed by atoms with Crippen molar-refractivity contribution in [3.63, 3.8) is 0 Å². The first kappa shape index (κ1) is 15.2. The second-order valence-electron chi connectivity index (χ2n) is 5.89. The van der Waals surface area contributed by atoms with Crippen LogP contribution in [0.1, 0.15) is 17.5 Å². The Morgan fingerprint density at radius 2 is 2.05 bits per heavy atom. The van der Waals surface area contributed by atoms with E-state index in [2.05, 4.69) is 28.3 Å². The highest BCUT2D eigenvalue weighted by Gasteiger charge is 2.31. The van der Waals surface area contributed by atoms with Crippen LogP contribution in [0.5, 0.6) is 0 Å². The summed E-state index contributed by atoms with van der Waals surface area (Å²) in [7, 11) is 1.74. The van der Waals surface area contributed by atoms with Crippen molar-refractivity contribution in [1.29, 1.82) is 0 Å². The molecular formula is C17H23N3O2. The van der Waals surface area contributed by atoms with Crippen molar-refractivity contribution in [3.8, 4) is 0 Å². The Hall–Kier alpha value is -1.69. The van der Waals surface area contributed by atoms with E-state index >= 15 is 0 Å². The molecule has 1 aliphatic rings. The molecule has 1 aromatic carbocycles. The van der Waals surface area contributed by atoms with Crippen molar-refractivity contribution in [3.05, 3.63) is 53.9 Å². The summed E-state index contributed by atoms with van der Waals surface area (Å²) in [5, 5.41) is 13.9. The van der Waals surface area contributed by atoms with Crippen molar-refractivity contribution in [1.82, 2.24) is 14.7 Å². The molecule has 1 aliphatic heterocycles. The molecule has 22 heavy (non-hydrogen) atoms. The second-order valence-corrected chi connectivity index (χ2v) is 5.89. The van der Waals surface area contributed by atoms with Crippen LogP contribution < -0.4 is 0 Å². The third-order valence-electron chi connectivity index (χ3n) is 4.29. The fourth-order valence-corrected chi connectivity index (χ4v) is 3.07. The van der Waals surface area contributed by atoms with Crippen LogP contribution in [0.25, 0.3) is 0 Å². The van der Waals surface area contributed by atoms with E-state index in [-0.39, 0.29) is 18.8 Å². The number of nitrogens with zero attached hydrogens (tertiary/aromatic N) is 3. The van der Waals surface area contributed by atoms with E-state index in [9.17, 15) is 5.11 Å². The van der Waals surface area contributed by atoms with E-state index in [1.54, 1.807) is 7.11 Å². The van der Waals surface area contributed by atoms with Gasteiger partial charge in [0.15, 0.2) is 0 Å². The number of likely N-dealkylation sites (tertiary alicyclic amines) is 1. The number of aliphatic hydroxyl groups excluding tert-OH is 1. The predicted octanol–water partition coefficient (Wildman–Crippen LogP) is 1.51. The number of hydrogen-bond donors (Lipinski definition) is 1. The topological polar surface area (TPSA) is 50.5 Å². The smallest absolute Gasteiger partial charge is 0.0714 e. The maximum Gasteiger partial charge on any atom is 0.0714 e. The normalized spacial score (nSPS) is 22.3. The highest BCUT2D eigenvalue weighted by Crippen LogP contribution is 2.22. The van der Waals surface area contributed by atoms with E-state index in [1.165, 1.54) is 11.1 Å². The van der Waals surface area contributed by atoms with Gasteiger partial charge in [-0.2, -0.15) is 5.10 Å². The second kappa shape index (κ2) is 7.05. The minimum Gasteiger partial charge on any atom is -0.395 e. The molecule has 1 aromatic heterocycles. The number of hydrogen-bond acceptors (Lipinski definition) is 4. The molecule has 1 N–H and O–H groups in total. The molecule has 2 aromatic rings. The summed E-state index contributed by atoms with van der Waals surface area (Å²) in [6, 6.07) is 10.5. The average Bonchev–Trinajstić information content (AvgIpc) is 3.15. The number of ether oxygens (including phenoxy) is 1. The molecule has 0 spiro atoms. The number of aromatic nitrogens is 2. The quantitative estimate of drug-likeness (QED) is 0.879. The predicted molar refractivity (Wildman–Crippen MR) is 84.5 cm³/mol. The Morgan fingerprint density at radius 3 is 2.77 bits per heavy atom. The van der Waals surface area contributed by atoms with Gasteiger partial charge in [0.05, 0.1) is 25.5 Å². The maximum absolute atomic E-state index is 9.51. The number of methoxy groups -OCH3 is 1. The zero-order chi connectivity index (χ0) is 15.4. The summed E-state index contributed by atoms with van der Waals surface area (Å²) in [5.41, 5.74) is 2.41. The molecule has 2 atom stereocenters. The van der Waals surface area contributed by atoms with Gasteiger partial charge in [-0.3, -0.25) is 9.58 Å². The van der Waals surface area contributed by atoms with Crippen molar-refractivity contribution >= 4 is 0 Å². The monoisotopic (exact) mass is 301 g/mol. The van der Waals surface area contributed by atoms with E-state index in [1.807, 2.05) is 29.1 Å². The van der Waals surface area contributed by atoms with Gasteiger partial charge in [-0.1, -0.05) is 30.3 Å². The van der Waals surface area contributed by atoms with Crippen LogP contribution in [0.15, 0.2) is 42.7 Å². The van der Waals surface area contributed by atoms with Crippen LogP contribution in [0, 0.1) is 0 Å². The lowest BCUT2D eigenvalue weighted by molar-refractivity contribution is 0.107.